The van der Waals surface area contributed by atoms with Crippen LogP contribution in [0, 0.1) is 28.8 Å². The summed E-state index contributed by atoms with van der Waals surface area (Å²) in [5.74, 6) is -4.04. The number of primary amides is 1. The Hall–Kier alpha value is -4.16. The van der Waals surface area contributed by atoms with Crippen molar-refractivity contribution in [3.8, 4) is 0 Å². The first-order valence-electron chi connectivity index (χ1n) is 14.2. The molecule has 1 aromatic heterocycles. The Morgan fingerprint density at radius 1 is 1.00 bits per heavy atom. The minimum absolute atomic E-state index is 0.0226. The average Bonchev–Trinajstić information content (AvgIpc) is 3.46. The van der Waals surface area contributed by atoms with E-state index in [4.69, 9.17) is 21.9 Å². The van der Waals surface area contributed by atoms with Crippen molar-refractivity contribution < 1.29 is 22.8 Å². The molecule has 0 fully saturated rings. The Morgan fingerprint density at radius 3 is 2.31 bits per heavy atom. The number of benzene rings is 2. The zero-order valence-corrected chi connectivity index (χ0v) is 26.7. The van der Waals surface area contributed by atoms with Crippen LogP contribution in [-0.4, -0.2) is 22.6 Å². The monoisotopic (exact) mass is 653 g/mol. The molecule has 0 bridgehead atoms. The first-order chi connectivity index (χ1) is 21.3. The van der Waals surface area contributed by atoms with Crippen LogP contribution in [0.3, 0.4) is 0 Å². The standard InChI is InChI=1S/C33H34F3N5O2S2/c1-17(2)14-25-28(31(38)42)30(26-12-13-27(45-26)33(43)40-16-20-6-10-22(35)23(36)15-20)29(32(39)44-18(3)37)24(41-25)11-7-19-4-8-21(34)9-5-19/h4-6,8-10,12-13,15,17,30,37H,7,11,14,16,39H2,1-3H3,(H2,38,42)(H,40,43)/b32-29-,37-18?. The highest BCUT2D eigenvalue weighted by atomic mass is 32.2. The molecule has 236 valence electrons. The van der Waals surface area contributed by atoms with Crippen molar-refractivity contribution in [2.75, 3.05) is 0 Å². The number of rotatable bonds is 11. The van der Waals surface area contributed by atoms with Crippen LogP contribution in [0.2, 0.25) is 0 Å². The number of halogens is 3. The Balaban J connectivity index is 1.75. The Kier molecular flexibility index (Phi) is 11.1. The van der Waals surface area contributed by atoms with Crippen molar-refractivity contribution in [3.05, 3.63) is 115 Å². The van der Waals surface area contributed by atoms with E-state index in [1.807, 2.05) is 13.8 Å². The largest absolute Gasteiger partial charge is 0.393 e. The SMILES string of the molecule is CC(=N)S/C(N)=C1/C(CCc2ccc(F)cc2)=NC(CC(C)C)=C(C(N)=O)C1c1ccc(C(=O)NCc2ccc(F)c(F)c2)s1. The molecule has 45 heavy (non-hydrogen) atoms. The van der Waals surface area contributed by atoms with Crippen molar-refractivity contribution in [1.82, 2.24) is 5.32 Å². The van der Waals surface area contributed by atoms with E-state index in [1.54, 1.807) is 31.2 Å². The molecule has 0 radical (unpaired) electrons. The van der Waals surface area contributed by atoms with E-state index in [0.29, 0.717) is 51.6 Å². The van der Waals surface area contributed by atoms with Crippen LogP contribution in [0.25, 0.3) is 0 Å². The molecule has 0 saturated carbocycles. The zero-order chi connectivity index (χ0) is 32.8. The highest BCUT2D eigenvalue weighted by Crippen LogP contribution is 2.45. The molecule has 1 unspecified atom stereocenters. The van der Waals surface area contributed by atoms with E-state index in [1.165, 1.54) is 18.2 Å². The van der Waals surface area contributed by atoms with Crippen LogP contribution >= 0.6 is 23.1 Å². The molecule has 0 aliphatic carbocycles. The minimum Gasteiger partial charge on any atom is -0.393 e. The molecule has 1 aliphatic heterocycles. The maximum Gasteiger partial charge on any atom is 0.261 e. The highest BCUT2D eigenvalue weighted by Gasteiger charge is 2.37. The number of nitrogens with one attached hydrogen (secondary N) is 2. The fourth-order valence-electron chi connectivity index (χ4n) is 5.03. The molecule has 7 nitrogen and oxygen atoms in total. The summed E-state index contributed by atoms with van der Waals surface area (Å²) in [5.41, 5.74) is 15.9. The van der Waals surface area contributed by atoms with Gasteiger partial charge in [-0.2, -0.15) is 0 Å². The maximum absolute atomic E-state index is 13.6. The molecule has 2 aromatic carbocycles. The Labute approximate surface area is 268 Å². The minimum atomic E-state index is -1.01. The summed E-state index contributed by atoms with van der Waals surface area (Å²) in [4.78, 5) is 32.1. The zero-order valence-electron chi connectivity index (χ0n) is 25.0. The topological polar surface area (TPSA) is 134 Å². The van der Waals surface area contributed by atoms with Gasteiger partial charge in [-0.1, -0.05) is 43.8 Å². The lowest BCUT2D eigenvalue weighted by molar-refractivity contribution is -0.114. The summed E-state index contributed by atoms with van der Waals surface area (Å²) >= 11 is 2.19. The summed E-state index contributed by atoms with van der Waals surface area (Å²) in [6.45, 7) is 5.58. The van der Waals surface area contributed by atoms with E-state index in [-0.39, 0.29) is 33.9 Å². The van der Waals surface area contributed by atoms with Crippen LogP contribution in [0.5, 0.6) is 0 Å². The molecule has 2 amide bonds. The van der Waals surface area contributed by atoms with Crippen LogP contribution in [0.4, 0.5) is 13.2 Å². The van der Waals surface area contributed by atoms with Crippen LogP contribution in [0.1, 0.15) is 65.2 Å². The number of nitrogens with zero attached hydrogens (tertiary/aromatic N) is 1. The van der Waals surface area contributed by atoms with E-state index >= 15 is 0 Å². The van der Waals surface area contributed by atoms with Crippen molar-refractivity contribution in [2.45, 2.75) is 52.5 Å². The van der Waals surface area contributed by atoms with Gasteiger partial charge in [-0.3, -0.25) is 20.0 Å². The third kappa shape index (κ3) is 8.52. The quantitative estimate of drug-likeness (QED) is 0.132. The number of hydrogen-bond acceptors (Lipinski definition) is 7. The first kappa shape index (κ1) is 33.7. The number of nitrogens with two attached hydrogens (primary N) is 2. The molecule has 2 heterocycles. The molecule has 6 N–H and O–H groups in total. The Morgan fingerprint density at radius 2 is 1.69 bits per heavy atom. The second-order valence-electron chi connectivity index (χ2n) is 11.0. The van der Waals surface area contributed by atoms with E-state index < -0.39 is 29.4 Å². The van der Waals surface area contributed by atoms with Gasteiger partial charge < -0.3 is 16.8 Å². The number of carbonyl (C=O) groups excluding carboxylic acids is 2. The van der Waals surface area contributed by atoms with Gasteiger partial charge >= 0.3 is 0 Å². The number of hydrogen-bond donors (Lipinski definition) is 4. The molecular formula is C33H34F3N5O2S2. The molecule has 1 atom stereocenters. The van der Waals surface area contributed by atoms with Crippen molar-refractivity contribution >= 4 is 45.7 Å². The van der Waals surface area contributed by atoms with Gasteiger partial charge in [0.1, 0.15) is 5.82 Å². The fraction of sp³-hybridized carbons (Fsp3) is 0.273. The van der Waals surface area contributed by atoms with Crippen molar-refractivity contribution in [1.29, 1.82) is 5.41 Å². The lowest BCUT2D eigenvalue weighted by Crippen LogP contribution is -2.30. The van der Waals surface area contributed by atoms with Crippen molar-refractivity contribution in [3.63, 3.8) is 0 Å². The van der Waals surface area contributed by atoms with Gasteiger partial charge in [0.2, 0.25) is 5.91 Å². The van der Waals surface area contributed by atoms with Gasteiger partial charge in [0, 0.05) is 22.7 Å². The number of aliphatic imine (C=N–C) groups is 1. The van der Waals surface area contributed by atoms with Crippen LogP contribution in [0.15, 0.2) is 81.5 Å². The second kappa shape index (κ2) is 14.7. The molecule has 3 aromatic rings. The van der Waals surface area contributed by atoms with Crippen molar-refractivity contribution in [2.24, 2.45) is 22.4 Å². The molecular weight excluding hydrogens is 620 g/mol. The van der Waals surface area contributed by atoms with Gasteiger partial charge in [-0.05, 0) is 79.6 Å². The van der Waals surface area contributed by atoms with Gasteiger partial charge in [0.05, 0.1) is 32.1 Å². The molecule has 1 aliphatic rings. The van der Waals surface area contributed by atoms with Gasteiger partial charge in [0.15, 0.2) is 11.6 Å². The fourth-order valence-corrected chi connectivity index (χ4v) is 6.75. The summed E-state index contributed by atoms with van der Waals surface area (Å²) in [6.07, 6.45) is 1.39. The second-order valence-corrected chi connectivity index (χ2v) is 13.4. The number of amides is 2. The molecule has 12 heteroatoms. The van der Waals surface area contributed by atoms with E-state index in [0.717, 1.165) is 40.8 Å². The normalized spacial score (nSPS) is 16.1. The summed E-state index contributed by atoms with van der Waals surface area (Å²) in [7, 11) is 0. The van der Waals surface area contributed by atoms with Gasteiger partial charge in [0.25, 0.3) is 5.91 Å². The third-order valence-corrected chi connectivity index (χ3v) is 8.90. The number of carbonyl (C=O) groups is 2. The maximum atomic E-state index is 13.6. The number of aryl methyl sites for hydroxylation is 1. The smallest absolute Gasteiger partial charge is 0.261 e. The molecule has 0 spiro atoms. The highest BCUT2D eigenvalue weighted by molar-refractivity contribution is 8.17. The van der Waals surface area contributed by atoms with Gasteiger partial charge in [-0.25, -0.2) is 13.2 Å². The number of thiophene rings is 1. The number of allylic oxidation sites excluding steroid dienone is 2. The lowest BCUT2D eigenvalue weighted by Gasteiger charge is -2.30. The Bertz CT molecular complexity index is 1710. The summed E-state index contributed by atoms with van der Waals surface area (Å²) < 4.78 is 40.5. The lowest BCUT2D eigenvalue weighted by atomic mass is 9.80. The average molecular weight is 654 g/mol. The van der Waals surface area contributed by atoms with E-state index in [2.05, 4.69) is 5.32 Å². The van der Waals surface area contributed by atoms with Crippen LogP contribution in [-0.2, 0) is 17.8 Å². The summed E-state index contributed by atoms with van der Waals surface area (Å²) in [5, 5.41) is 11.3. The van der Waals surface area contributed by atoms with E-state index in [9.17, 15) is 22.8 Å². The molecule has 4 rings (SSSR count). The predicted octanol–water partition coefficient (Wildman–Crippen LogP) is 6.95. The third-order valence-electron chi connectivity index (χ3n) is 7.00. The van der Waals surface area contributed by atoms with Crippen LogP contribution < -0.4 is 16.8 Å². The summed E-state index contributed by atoms with van der Waals surface area (Å²) in [6, 6.07) is 12.9. The number of thioether (sulfide) groups is 1. The first-order valence-corrected chi connectivity index (χ1v) is 15.9. The van der Waals surface area contributed by atoms with Gasteiger partial charge in [-0.15, -0.1) is 11.3 Å². The molecule has 0 saturated heterocycles. The predicted molar refractivity (Wildman–Crippen MR) is 175 cm³/mol.